The van der Waals surface area contributed by atoms with Crippen LogP contribution in [-0.2, 0) is 4.79 Å². The number of amides is 2. The van der Waals surface area contributed by atoms with Gasteiger partial charge in [-0.2, -0.15) is 0 Å². The maximum absolute atomic E-state index is 13.5. The molecule has 0 bridgehead atoms. The predicted molar refractivity (Wildman–Crippen MR) is 104 cm³/mol. The second-order valence-electron chi connectivity index (χ2n) is 7.91. The summed E-state index contributed by atoms with van der Waals surface area (Å²) in [5.41, 5.74) is 1.25. The fourth-order valence-corrected chi connectivity index (χ4v) is 4.95. The van der Waals surface area contributed by atoms with Crippen molar-refractivity contribution in [2.75, 3.05) is 6.54 Å². The van der Waals surface area contributed by atoms with Crippen LogP contribution in [0.1, 0.15) is 87.6 Å². The lowest BCUT2D eigenvalue weighted by Crippen LogP contribution is -2.64. The van der Waals surface area contributed by atoms with E-state index in [1.165, 1.54) is 6.42 Å². The van der Waals surface area contributed by atoms with E-state index in [2.05, 4.69) is 31.0 Å². The van der Waals surface area contributed by atoms with E-state index >= 15 is 0 Å². The van der Waals surface area contributed by atoms with Crippen LogP contribution in [0.5, 0.6) is 0 Å². The summed E-state index contributed by atoms with van der Waals surface area (Å²) in [6.45, 7) is 7.01. The fraction of sp³-hybridized carbons (Fsp3) is 0.636. The molecular weight excluding hydrogens is 324 g/mol. The summed E-state index contributed by atoms with van der Waals surface area (Å²) in [5, 5.41) is 3.13. The van der Waals surface area contributed by atoms with Crippen molar-refractivity contribution in [3.8, 4) is 0 Å². The average Bonchev–Trinajstić information content (AvgIpc) is 2.67. The monoisotopic (exact) mass is 356 g/mol. The Bertz CT molecular complexity index is 664. The lowest BCUT2D eigenvalue weighted by molar-refractivity contribution is -0.128. The van der Waals surface area contributed by atoms with E-state index in [-0.39, 0.29) is 29.3 Å². The molecule has 2 unspecified atom stereocenters. The molecule has 4 heteroatoms. The van der Waals surface area contributed by atoms with Crippen LogP contribution in [0.2, 0.25) is 0 Å². The van der Waals surface area contributed by atoms with Gasteiger partial charge in [-0.05, 0) is 44.2 Å². The van der Waals surface area contributed by atoms with Crippen molar-refractivity contribution in [3.63, 3.8) is 0 Å². The Labute approximate surface area is 157 Å². The standard InChI is InChI=1S/C22H32N2O2/c1-4-15-23-20(25)19-17-11-7-8-12-18(17)21(26)24(16(3)5-2)22(19)13-9-6-10-14-22/h7-8,11-12,16,19H,4-6,9-10,13-15H2,1-3H3,(H,23,25). The van der Waals surface area contributed by atoms with E-state index in [1.807, 2.05) is 24.3 Å². The average molecular weight is 357 g/mol. The first-order valence-corrected chi connectivity index (χ1v) is 10.3. The first-order valence-electron chi connectivity index (χ1n) is 10.3. The molecule has 4 nitrogen and oxygen atoms in total. The van der Waals surface area contributed by atoms with E-state index in [4.69, 9.17) is 0 Å². The third-order valence-electron chi connectivity index (χ3n) is 6.30. The van der Waals surface area contributed by atoms with Crippen LogP contribution in [0.25, 0.3) is 0 Å². The van der Waals surface area contributed by atoms with Crippen LogP contribution in [0.4, 0.5) is 0 Å². The number of benzene rings is 1. The lowest BCUT2D eigenvalue weighted by Gasteiger charge is -2.55. The van der Waals surface area contributed by atoms with Crippen LogP contribution in [0, 0.1) is 0 Å². The van der Waals surface area contributed by atoms with E-state index in [0.29, 0.717) is 12.1 Å². The highest BCUT2D eigenvalue weighted by molar-refractivity contribution is 6.02. The normalized spacial score (nSPS) is 22.8. The van der Waals surface area contributed by atoms with Crippen molar-refractivity contribution < 1.29 is 9.59 Å². The molecule has 2 aliphatic rings. The Hall–Kier alpha value is -1.84. The van der Waals surface area contributed by atoms with Crippen molar-refractivity contribution in [2.45, 2.75) is 83.2 Å². The SMILES string of the molecule is CCCNC(=O)C1c2ccccc2C(=O)N(C(C)CC)C12CCCCC2. The first-order chi connectivity index (χ1) is 12.6. The first kappa shape index (κ1) is 18.9. The van der Waals surface area contributed by atoms with Crippen LogP contribution in [0.3, 0.4) is 0 Å². The second kappa shape index (κ2) is 7.81. The lowest BCUT2D eigenvalue weighted by atomic mass is 9.64. The van der Waals surface area contributed by atoms with Crippen molar-refractivity contribution in [1.82, 2.24) is 10.2 Å². The van der Waals surface area contributed by atoms with Gasteiger partial charge >= 0.3 is 0 Å². The van der Waals surface area contributed by atoms with Gasteiger partial charge in [0.2, 0.25) is 5.91 Å². The minimum Gasteiger partial charge on any atom is -0.356 e. The molecule has 1 saturated carbocycles. The summed E-state index contributed by atoms with van der Waals surface area (Å²) in [4.78, 5) is 28.9. The van der Waals surface area contributed by atoms with Gasteiger partial charge in [-0.1, -0.05) is 51.3 Å². The number of fused-ring (bicyclic) bond motifs is 1. The third kappa shape index (κ3) is 3.04. The zero-order chi connectivity index (χ0) is 18.7. The van der Waals surface area contributed by atoms with E-state index in [9.17, 15) is 9.59 Å². The maximum Gasteiger partial charge on any atom is 0.254 e. The third-order valence-corrected chi connectivity index (χ3v) is 6.30. The van der Waals surface area contributed by atoms with Gasteiger partial charge in [0.15, 0.2) is 0 Å². The number of carbonyl (C=O) groups is 2. The van der Waals surface area contributed by atoms with Crippen molar-refractivity contribution in [1.29, 1.82) is 0 Å². The molecule has 2 amide bonds. The summed E-state index contributed by atoms with van der Waals surface area (Å²) < 4.78 is 0. The Morgan fingerprint density at radius 2 is 1.92 bits per heavy atom. The molecule has 26 heavy (non-hydrogen) atoms. The van der Waals surface area contributed by atoms with Crippen molar-refractivity contribution in [2.24, 2.45) is 0 Å². The molecule has 1 N–H and O–H groups in total. The molecule has 1 aromatic rings. The Kier molecular flexibility index (Phi) is 5.69. The molecule has 0 radical (unpaired) electrons. The summed E-state index contributed by atoms with van der Waals surface area (Å²) in [6, 6.07) is 7.89. The molecule has 1 aliphatic carbocycles. The number of hydrogen-bond donors (Lipinski definition) is 1. The Balaban J connectivity index is 2.16. The molecule has 3 rings (SSSR count). The summed E-state index contributed by atoms with van der Waals surface area (Å²) >= 11 is 0. The molecule has 142 valence electrons. The number of hydrogen-bond acceptors (Lipinski definition) is 2. The minimum atomic E-state index is -0.378. The number of nitrogens with zero attached hydrogens (tertiary/aromatic N) is 1. The molecule has 1 aliphatic heterocycles. The molecule has 1 heterocycles. The predicted octanol–water partition coefficient (Wildman–Crippen LogP) is 4.25. The zero-order valence-electron chi connectivity index (χ0n) is 16.4. The molecule has 0 saturated heterocycles. The number of rotatable bonds is 5. The molecule has 1 aromatic carbocycles. The number of carbonyl (C=O) groups excluding carboxylic acids is 2. The molecule has 1 spiro atoms. The van der Waals surface area contributed by atoms with Gasteiger partial charge < -0.3 is 10.2 Å². The smallest absolute Gasteiger partial charge is 0.254 e. The molecule has 1 fully saturated rings. The van der Waals surface area contributed by atoms with E-state index < -0.39 is 0 Å². The summed E-state index contributed by atoms with van der Waals surface area (Å²) in [5.74, 6) is -0.0735. The largest absolute Gasteiger partial charge is 0.356 e. The van der Waals surface area contributed by atoms with Crippen LogP contribution < -0.4 is 5.32 Å². The maximum atomic E-state index is 13.5. The highest BCUT2D eigenvalue weighted by Gasteiger charge is 2.55. The molecule has 2 atom stereocenters. The summed E-state index contributed by atoms with van der Waals surface area (Å²) in [6.07, 6.45) is 7.01. The van der Waals surface area contributed by atoms with Crippen LogP contribution in [0.15, 0.2) is 24.3 Å². The quantitative estimate of drug-likeness (QED) is 0.857. The van der Waals surface area contributed by atoms with Crippen LogP contribution in [-0.4, -0.2) is 34.8 Å². The summed E-state index contributed by atoms with van der Waals surface area (Å²) in [7, 11) is 0. The fourth-order valence-electron chi connectivity index (χ4n) is 4.95. The highest BCUT2D eigenvalue weighted by Crippen LogP contribution is 2.50. The van der Waals surface area contributed by atoms with Gasteiger partial charge in [-0.25, -0.2) is 0 Å². The van der Waals surface area contributed by atoms with E-state index in [0.717, 1.165) is 44.1 Å². The Morgan fingerprint density at radius 1 is 1.23 bits per heavy atom. The van der Waals surface area contributed by atoms with Gasteiger partial charge in [-0.15, -0.1) is 0 Å². The molecular formula is C22H32N2O2. The van der Waals surface area contributed by atoms with E-state index in [1.54, 1.807) is 0 Å². The van der Waals surface area contributed by atoms with Crippen molar-refractivity contribution in [3.05, 3.63) is 35.4 Å². The molecule has 0 aromatic heterocycles. The second-order valence-corrected chi connectivity index (χ2v) is 7.91. The highest BCUT2D eigenvalue weighted by atomic mass is 16.2. The van der Waals surface area contributed by atoms with Gasteiger partial charge in [-0.3, -0.25) is 9.59 Å². The van der Waals surface area contributed by atoms with Crippen molar-refractivity contribution >= 4 is 11.8 Å². The van der Waals surface area contributed by atoms with Gasteiger partial charge in [0.05, 0.1) is 11.5 Å². The van der Waals surface area contributed by atoms with Gasteiger partial charge in [0.25, 0.3) is 5.91 Å². The number of nitrogens with one attached hydrogen (secondary N) is 1. The van der Waals surface area contributed by atoms with Gasteiger partial charge in [0.1, 0.15) is 0 Å². The zero-order valence-corrected chi connectivity index (χ0v) is 16.4. The Morgan fingerprint density at radius 3 is 2.58 bits per heavy atom. The van der Waals surface area contributed by atoms with Gasteiger partial charge in [0, 0.05) is 18.2 Å². The van der Waals surface area contributed by atoms with Crippen LogP contribution >= 0.6 is 0 Å². The minimum absolute atomic E-state index is 0.0852. The topological polar surface area (TPSA) is 49.4 Å².